The molecule has 2 aliphatic rings. The summed E-state index contributed by atoms with van der Waals surface area (Å²) < 4.78 is 0. The van der Waals surface area contributed by atoms with Crippen LogP contribution in [0.1, 0.15) is 34.4 Å². The quantitative estimate of drug-likeness (QED) is 0.887. The molecule has 0 aliphatic carbocycles. The topological polar surface area (TPSA) is 39.1 Å². The molecular formula is C17H19N3S. The maximum Gasteiger partial charge on any atom is 0.0717 e. The second-order valence-corrected chi connectivity index (χ2v) is 6.85. The Kier molecular flexibility index (Phi) is 3.28. The van der Waals surface area contributed by atoms with Crippen LogP contribution in [0.5, 0.6) is 0 Å². The van der Waals surface area contributed by atoms with Crippen LogP contribution in [0, 0.1) is 5.41 Å². The number of rotatable bonds is 2. The fourth-order valence-electron chi connectivity index (χ4n) is 3.27. The van der Waals surface area contributed by atoms with Crippen LogP contribution in [0.4, 0.5) is 5.69 Å². The van der Waals surface area contributed by atoms with E-state index in [0.29, 0.717) is 5.71 Å². The highest BCUT2D eigenvalue weighted by Crippen LogP contribution is 2.30. The Morgan fingerprint density at radius 1 is 1.14 bits per heavy atom. The Labute approximate surface area is 129 Å². The van der Waals surface area contributed by atoms with Gasteiger partial charge in [-0.15, -0.1) is 11.3 Å². The van der Waals surface area contributed by atoms with E-state index >= 15 is 0 Å². The monoisotopic (exact) mass is 297 g/mol. The summed E-state index contributed by atoms with van der Waals surface area (Å²) in [5, 5.41) is 14.1. The number of benzene rings is 1. The predicted octanol–water partition coefficient (Wildman–Crippen LogP) is 3.69. The van der Waals surface area contributed by atoms with Crippen LogP contribution in [0.25, 0.3) is 0 Å². The lowest BCUT2D eigenvalue weighted by Crippen LogP contribution is -2.18. The molecule has 3 heterocycles. The minimum Gasteiger partial charge on any atom is -0.380 e. The molecule has 0 bridgehead atoms. The molecule has 0 amide bonds. The lowest BCUT2D eigenvalue weighted by atomic mass is 10.0. The molecule has 0 spiro atoms. The first-order valence-corrected chi connectivity index (χ1v) is 8.44. The number of likely N-dealkylation sites (tertiary alicyclic amines) is 1. The van der Waals surface area contributed by atoms with Crippen molar-refractivity contribution < 1.29 is 0 Å². The molecule has 1 saturated heterocycles. The zero-order chi connectivity index (χ0) is 14.2. The van der Waals surface area contributed by atoms with Crippen molar-refractivity contribution in [3.05, 3.63) is 51.2 Å². The number of anilines is 1. The van der Waals surface area contributed by atoms with Gasteiger partial charge in [-0.25, -0.2) is 0 Å². The highest BCUT2D eigenvalue weighted by molar-refractivity contribution is 7.10. The Bertz CT molecular complexity index is 683. The normalized spacial score (nSPS) is 18.0. The van der Waals surface area contributed by atoms with Gasteiger partial charge in [-0.05, 0) is 49.0 Å². The van der Waals surface area contributed by atoms with E-state index in [1.807, 2.05) is 0 Å². The van der Waals surface area contributed by atoms with E-state index in [1.54, 1.807) is 11.3 Å². The van der Waals surface area contributed by atoms with Crippen LogP contribution in [0.2, 0.25) is 0 Å². The van der Waals surface area contributed by atoms with Gasteiger partial charge in [-0.1, -0.05) is 12.1 Å². The Morgan fingerprint density at radius 3 is 2.86 bits per heavy atom. The maximum atomic E-state index is 8.46. The lowest BCUT2D eigenvalue weighted by molar-refractivity contribution is 0.331. The second-order valence-electron chi connectivity index (χ2n) is 5.85. The van der Waals surface area contributed by atoms with Crippen molar-refractivity contribution in [2.75, 3.05) is 18.4 Å². The van der Waals surface area contributed by atoms with Gasteiger partial charge in [0.15, 0.2) is 0 Å². The third-order valence-corrected chi connectivity index (χ3v) is 5.33. The molecule has 2 aromatic rings. The van der Waals surface area contributed by atoms with Gasteiger partial charge in [0.1, 0.15) is 0 Å². The first-order valence-electron chi connectivity index (χ1n) is 7.56. The van der Waals surface area contributed by atoms with Gasteiger partial charge in [0.25, 0.3) is 0 Å². The molecule has 1 fully saturated rings. The van der Waals surface area contributed by atoms with E-state index in [-0.39, 0.29) is 0 Å². The summed E-state index contributed by atoms with van der Waals surface area (Å²) in [6.07, 6.45) is 2.65. The van der Waals surface area contributed by atoms with Crippen molar-refractivity contribution in [3.63, 3.8) is 0 Å². The molecule has 4 heteroatoms. The average molecular weight is 297 g/mol. The molecule has 21 heavy (non-hydrogen) atoms. The molecular weight excluding hydrogens is 278 g/mol. The third-order valence-electron chi connectivity index (χ3n) is 4.41. The first-order chi connectivity index (χ1) is 10.3. The van der Waals surface area contributed by atoms with Crippen molar-refractivity contribution >= 4 is 22.7 Å². The van der Waals surface area contributed by atoms with E-state index in [2.05, 4.69) is 39.9 Å². The van der Waals surface area contributed by atoms with Crippen molar-refractivity contribution in [3.8, 4) is 0 Å². The molecule has 0 atom stereocenters. The molecule has 3 nitrogen and oxygen atoms in total. The van der Waals surface area contributed by atoms with Crippen LogP contribution in [0.15, 0.2) is 29.6 Å². The summed E-state index contributed by atoms with van der Waals surface area (Å²) >= 11 is 1.73. The summed E-state index contributed by atoms with van der Waals surface area (Å²) in [6.45, 7) is 4.30. The summed E-state index contributed by atoms with van der Waals surface area (Å²) in [6, 6.07) is 8.60. The molecule has 1 aromatic carbocycles. The fraction of sp³-hybridized carbons (Fsp3) is 0.353. The van der Waals surface area contributed by atoms with Gasteiger partial charge in [0, 0.05) is 28.2 Å². The molecule has 0 unspecified atom stereocenters. The van der Waals surface area contributed by atoms with Crippen molar-refractivity contribution in [2.45, 2.75) is 25.9 Å². The lowest BCUT2D eigenvalue weighted by Gasteiger charge is -2.16. The number of fused-ring (bicyclic) bond motifs is 2. The minimum absolute atomic E-state index is 0.652. The number of hydrogen-bond acceptors (Lipinski definition) is 4. The molecule has 2 aliphatic heterocycles. The zero-order valence-corrected chi connectivity index (χ0v) is 12.8. The fourth-order valence-corrected chi connectivity index (χ4v) is 4.09. The largest absolute Gasteiger partial charge is 0.380 e. The van der Waals surface area contributed by atoms with Gasteiger partial charge in [0.2, 0.25) is 0 Å². The van der Waals surface area contributed by atoms with Gasteiger partial charge in [-0.2, -0.15) is 0 Å². The number of hydrogen-bond donors (Lipinski definition) is 2. The maximum absolute atomic E-state index is 8.46. The van der Waals surface area contributed by atoms with Crippen LogP contribution >= 0.6 is 11.3 Å². The van der Waals surface area contributed by atoms with Gasteiger partial charge >= 0.3 is 0 Å². The summed E-state index contributed by atoms with van der Waals surface area (Å²) in [4.78, 5) is 3.78. The van der Waals surface area contributed by atoms with Gasteiger partial charge < -0.3 is 5.32 Å². The van der Waals surface area contributed by atoms with Crippen molar-refractivity contribution in [1.82, 2.24) is 4.90 Å². The third kappa shape index (κ3) is 2.39. The second kappa shape index (κ2) is 5.28. The van der Waals surface area contributed by atoms with Crippen LogP contribution in [0.3, 0.4) is 0 Å². The Morgan fingerprint density at radius 2 is 2.00 bits per heavy atom. The SMILES string of the molecule is N=C1c2ccc(CN3CCCC3)cc2NCc2sccc21. The number of thiophene rings is 1. The zero-order valence-electron chi connectivity index (χ0n) is 12.0. The standard InChI is InChI=1S/C17H19N3S/c18-17-13-4-3-12(11-20-6-1-2-7-20)9-15(13)19-10-16-14(17)5-8-21-16/h3-5,8-9,18-19H,1-2,6-7,10-11H2. The highest BCUT2D eigenvalue weighted by Gasteiger charge is 2.20. The van der Waals surface area contributed by atoms with E-state index in [9.17, 15) is 0 Å². The summed E-state index contributed by atoms with van der Waals surface area (Å²) in [7, 11) is 0. The molecule has 0 radical (unpaired) electrons. The van der Waals surface area contributed by atoms with Gasteiger partial charge in [-0.3, -0.25) is 10.3 Å². The molecule has 1 aromatic heterocycles. The molecule has 4 rings (SSSR count). The minimum atomic E-state index is 0.652. The van der Waals surface area contributed by atoms with E-state index in [0.717, 1.165) is 29.9 Å². The summed E-state index contributed by atoms with van der Waals surface area (Å²) in [5.41, 5.74) is 5.22. The van der Waals surface area contributed by atoms with Crippen molar-refractivity contribution in [2.24, 2.45) is 0 Å². The van der Waals surface area contributed by atoms with Crippen molar-refractivity contribution in [1.29, 1.82) is 5.41 Å². The molecule has 2 N–H and O–H groups in total. The predicted molar refractivity (Wildman–Crippen MR) is 88.5 cm³/mol. The van der Waals surface area contributed by atoms with E-state index in [1.165, 1.54) is 36.4 Å². The van der Waals surface area contributed by atoms with Crippen LogP contribution in [-0.2, 0) is 13.1 Å². The average Bonchev–Trinajstić information content (AvgIpc) is 3.13. The Balaban J connectivity index is 1.64. The van der Waals surface area contributed by atoms with E-state index < -0.39 is 0 Å². The first kappa shape index (κ1) is 13.0. The van der Waals surface area contributed by atoms with Gasteiger partial charge in [0.05, 0.1) is 12.3 Å². The number of nitrogens with one attached hydrogen (secondary N) is 2. The van der Waals surface area contributed by atoms with E-state index in [4.69, 9.17) is 5.41 Å². The molecule has 108 valence electrons. The van der Waals surface area contributed by atoms with Crippen LogP contribution in [-0.4, -0.2) is 23.7 Å². The van der Waals surface area contributed by atoms with Crippen LogP contribution < -0.4 is 5.32 Å². The molecule has 0 saturated carbocycles. The summed E-state index contributed by atoms with van der Waals surface area (Å²) in [5.74, 6) is 0. The number of nitrogens with zero attached hydrogens (tertiary/aromatic N) is 1. The smallest absolute Gasteiger partial charge is 0.0717 e. The highest BCUT2D eigenvalue weighted by atomic mass is 32.1. The Hall–Kier alpha value is -1.65.